The third kappa shape index (κ3) is 6.16. The van der Waals surface area contributed by atoms with Gasteiger partial charge in [0.15, 0.2) is 0 Å². The van der Waals surface area contributed by atoms with E-state index in [2.05, 4.69) is 19.9 Å². The molecule has 15 heavy (non-hydrogen) atoms. The van der Waals surface area contributed by atoms with E-state index in [4.69, 9.17) is 4.74 Å². The number of hydrogen-bond donors (Lipinski definition) is 0. The fourth-order valence-electron chi connectivity index (χ4n) is 1.14. The van der Waals surface area contributed by atoms with Gasteiger partial charge in [0.05, 0.1) is 7.11 Å². The summed E-state index contributed by atoms with van der Waals surface area (Å²) >= 11 is 0. The minimum Gasteiger partial charge on any atom is -0.496 e. The fraction of sp³-hybridized carbons (Fsp3) is 0.571. The summed E-state index contributed by atoms with van der Waals surface area (Å²) in [7, 11) is 1.71. The van der Waals surface area contributed by atoms with Gasteiger partial charge in [0.25, 0.3) is 0 Å². The van der Waals surface area contributed by atoms with Crippen LogP contribution in [0.2, 0.25) is 0 Å². The maximum Gasteiger partial charge on any atom is 0.122 e. The maximum absolute atomic E-state index is 5.21. The van der Waals surface area contributed by atoms with Gasteiger partial charge in [0.1, 0.15) is 5.75 Å². The summed E-state index contributed by atoms with van der Waals surface area (Å²) in [6, 6.07) is 8.13. The highest BCUT2D eigenvalue weighted by Gasteiger charge is 2.03. The molecule has 0 saturated heterocycles. The van der Waals surface area contributed by atoms with E-state index in [9.17, 15) is 0 Å². The first-order chi connectivity index (χ1) is 7.25. The molecule has 0 aliphatic carbocycles. The predicted molar refractivity (Wildman–Crippen MR) is 69.8 cm³/mol. The fourth-order valence-corrected chi connectivity index (χ4v) is 1.14. The normalized spacial score (nSPS) is 8.27. The van der Waals surface area contributed by atoms with Crippen LogP contribution in [0.5, 0.6) is 5.75 Å². The lowest BCUT2D eigenvalue weighted by molar-refractivity contribution is 0.407. The average Bonchev–Trinajstić information content (AvgIpc) is 2.34. The third-order valence-corrected chi connectivity index (χ3v) is 1.76. The molecular formula is C14H26O. The molecule has 0 atom stereocenters. The number of methoxy groups -OCH3 is 1. The summed E-state index contributed by atoms with van der Waals surface area (Å²) < 4.78 is 5.21. The van der Waals surface area contributed by atoms with Crippen LogP contribution in [0, 0.1) is 0 Å². The van der Waals surface area contributed by atoms with Crippen molar-refractivity contribution in [2.75, 3.05) is 7.11 Å². The van der Waals surface area contributed by atoms with E-state index < -0.39 is 0 Å². The van der Waals surface area contributed by atoms with Crippen molar-refractivity contribution < 1.29 is 4.74 Å². The summed E-state index contributed by atoms with van der Waals surface area (Å²) in [5.41, 5.74) is 1.27. The van der Waals surface area contributed by atoms with Gasteiger partial charge in [0.2, 0.25) is 0 Å². The molecule has 0 heterocycles. The Morgan fingerprint density at radius 3 is 1.73 bits per heavy atom. The molecule has 0 saturated carbocycles. The van der Waals surface area contributed by atoms with Crippen LogP contribution in [-0.2, 0) is 0 Å². The van der Waals surface area contributed by atoms with E-state index in [1.165, 1.54) is 5.56 Å². The summed E-state index contributed by atoms with van der Waals surface area (Å²) in [5, 5.41) is 0. The Morgan fingerprint density at radius 2 is 1.40 bits per heavy atom. The number of ether oxygens (including phenoxy) is 1. The first-order valence-electron chi connectivity index (χ1n) is 5.88. The van der Waals surface area contributed by atoms with Crippen molar-refractivity contribution in [1.29, 1.82) is 0 Å². The average molecular weight is 210 g/mol. The van der Waals surface area contributed by atoms with Gasteiger partial charge in [-0.15, -0.1) is 0 Å². The zero-order valence-electron chi connectivity index (χ0n) is 11.3. The topological polar surface area (TPSA) is 9.23 Å². The van der Waals surface area contributed by atoms with E-state index >= 15 is 0 Å². The zero-order valence-corrected chi connectivity index (χ0v) is 11.3. The lowest BCUT2D eigenvalue weighted by Crippen LogP contribution is -1.92. The van der Waals surface area contributed by atoms with Gasteiger partial charge >= 0.3 is 0 Å². The van der Waals surface area contributed by atoms with Crippen LogP contribution in [0.3, 0.4) is 0 Å². The monoisotopic (exact) mass is 210 g/mol. The first-order valence-corrected chi connectivity index (χ1v) is 5.88. The molecule has 0 aliphatic heterocycles. The number of para-hydroxylation sites is 1. The van der Waals surface area contributed by atoms with Crippen LogP contribution >= 0.6 is 0 Å². The van der Waals surface area contributed by atoms with Gasteiger partial charge < -0.3 is 4.74 Å². The van der Waals surface area contributed by atoms with Gasteiger partial charge in [-0.1, -0.05) is 59.7 Å². The Kier molecular flexibility index (Phi) is 12.2. The van der Waals surface area contributed by atoms with E-state index in [0.29, 0.717) is 5.92 Å². The van der Waals surface area contributed by atoms with Crippen LogP contribution in [-0.4, -0.2) is 7.11 Å². The van der Waals surface area contributed by atoms with Gasteiger partial charge in [-0.25, -0.2) is 0 Å². The molecule has 0 amide bonds. The number of benzene rings is 1. The Bertz CT molecular complexity index is 229. The Morgan fingerprint density at radius 1 is 0.933 bits per heavy atom. The van der Waals surface area contributed by atoms with Crippen LogP contribution in [0.1, 0.15) is 53.0 Å². The van der Waals surface area contributed by atoms with Crippen LogP contribution in [0.15, 0.2) is 24.3 Å². The second-order valence-electron chi connectivity index (χ2n) is 2.90. The summed E-state index contributed by atoms with van der Waals surface area (Å²) in [4.78, 5) is 0. The highest BCUT2D eigenvalue weighted by molar-refractivity contribution is 5.35. The molecule has 0 bridgehead atoms. The molecular weight excluding hydrogens is 184 g/mol. The maximum atomic E-state index is 5.21. The first kappa shape index (κ1) is 16.4. The SMILES string of the molecule is CC.CC.COc1ccccc1C(C)C. The highest BCUT2D eigenvalue weighted by Crippen LogP contribution is 2.24. The van der Waals surface area contributed by atoms with Crippen LogP contribution in [0.25, 0.3) is 0 Å². The zero-order chi connectivity index (χ0) is 12.3. The van der Waals surface area contributed by atoms with Crippen LogP contribution in [0.4, 0.5) is 0 Å². The highest BCUT2D eigenvalue weighted by atomic mass is 16.5. The second kappa shape index (κ2) is 11.1. The van der Waals surface area contributed by atoms with E-state index in [0.717, 1.165) is 5.75 Å². The van der Waals surface area contributed by atoms with E-state index in [-0.39, 0.29) is 0 Å². The Labute approximate surface area is 95.5 Å². The molecule has 0 fully saturated rings. The largest absolute Gasteiger partial charge is 0.496 e. The Hall–Kier alpha value is -0.980. The quantitative estimate of drug-likeness (QED) is 0.676. The summed E-state index contributed by atoms with van der Waals surface area (Å²) in [5.74, 6) is 1.52. The number of hydrogen-bond acceptors (Lipinski definition) is 1. The third-order valence-electron chi connectivity index (χ3n) is 1.76. The van der Waals surface area contributed by atoms with Crippen molar-refractivity contribution in [3.05, 3.63) is 29.8 Å². The lowest BCUT2D eigenvalue weighted by Gasteiger charge is -2.10. The van der Waals surface area contributed by atoms with E-state index in [1.54, 1.807) is 7.11 Å². The molecule has 1 heteroatoms. The smallest absolute Gasteiger partial charge is 0.122 e. The summed E-state index contributed by atoms with van der Waals surface area (Å²) in [6.07, 6.45) is 0. The molecule has 0 aromatic heterocycles. The predicted octanol–water partition coefficient (Wildman–Crippen LogP) is 4.87. The second-order valence-corrected chi connectivity index (χ2v) is 2.90. The van der Waals surface area contributed by atoms with Crippen molar-refractivity contribution in [2.45, 2.75) is 47.5 Å². The standard InChI is InChI=1S/C10H14O.2C2H6/c1-8(2)9-6-4-5-7-10(9)11-3;2*1-2/h4-8H,1-3H3;2*1-2H3. The molecule has 1 aromatic carbocycles. The number of rotatable bonds is 2. The van der Waals surface area contributed by atoms with Gasteiger partial charge in [0, 0.05) is 0 Å². The molecule has 0 N–H and O–H groups in total. The van der Waals surface area contributed by atoms with Gasteiger partial charge in [-0.2, -0.15) is 0 Å². The molecule has 88 valence electrons. The lowest BCUT2D eigenvalue weighted by atomic mass is 10.0. The van der Waals surface area contributed by atoms with E-state index in [1.807, 2.05) is 45.9 Å². The molecule has 0 aliphatic rings. The van der Waals surface area contributed by atoms with Crippen molar-refractivity contribution >= 4 is 0 Å². The summed E-state index contributed by atoms with van der Waals surface area (Å²) in [6.45, 7) is 12.3. The Balaban J connectivity index is 0. The molecule has 0 spiro atoms. The minimum absolute atomic E-state index is 0.533. The van der Waals surface area contributed by atoms with Crippen molar-refractivity contribution in [3.8, 4) is 5.75 Å². The molecule has 1 nitrogen and oxygen atoms in total. The van der Waals surface area contributed by atoms with Crippen molar-refractivity contribution in [1.82, 2.24) is 0 Å². The van der Waals surface area contributed by atoms with Crippen molar-refractivity contribution in [2.24, 2.45) is 0 Å². The molecule has 1 rings (SSSR count). The molecule has 0 unspecified atom stereocenters. The van der Waals surface area contributed by atoms with Gasteiger partial charge in [-0.05, 0) is 17.5 Å². The molecule has 0 radical (unpaired) electrons. The van der Waals surface area contributed by atoms with Crippen molar-refractivity contribution in [3.63, 3.8) is 0 Å². The van der Waals surface area contributed by atoms with Gasteiger partial charge in [-0.3, -0.25) is 0 Å². The molecule has 1 aromatic rings. The van der Waals surface area contributed by atoms with Crippen LogP contribution < -0.4 is 4.74 Å². The minimum atomic E-state index is 0.533.